The van der Waals surface area contributed by atoms with Gasteiger partial charge in [0.05, 0.1) is 5.92 Å². The molecule has 0 fully saturated rings. The second-order valence-corrected chi connectivity index (χ2v) is 10.8. The van der Waals surface area contributed by atoms with Gasteiger partial charge >= 0.3 is 5.70 Å². The number of hydrogen-bond donors (Lipinski definition) is 3. The van der Waals surface area contributed by atoms with Gasteiger partial charge in [0.1, 0.15) is 0 Å². The van der Waals surface area contributed by atoms with Crippen molar-refractivity contribution < 1.29 is 9.36 Å². The van der Waals surface area contributed by atoms with Crippen LogP contribution in [0.4, 0.5) is 0 Å². The fourth-order valence-corrected chi connectivity index (χ4v) is 4.48. The minimum atomic E-state index is -3.27. The standard InChI is InChI=1S/C9H14N3O2PS3/c1-7(8-5-3-2-4-6-8)9(13)12(16)15(14,17-10)18-11/h2-7,16H,10-11H2,1H3. The van der Waals surface area contributed by atoms with E-state index < -0.39 is 17.5 Å². The van der Waals surface area contributed by atoms with Crippen molar-refractivity contribution in [2.24, 2.45) is 10.3 Å². The van der Waals surface area contributed by atoms with E-state index in [1.165, 1.54) is 0 Å². The van der Waals surface area contributed by atoms with Crippen molar-refractivity contribution in [1.82, 2.24) is 4.08 Å². The number of thiol groups is 1. The molecule has 5 nitrogen and oxygen atoms in total. The topological polar surface area (TPSA) is 89.4 Å². The summed E-state index contributed by atoms with van der Waals surface area (Å²) in [4.78, 5) is 12.1. The number of rotatable bonds is 5. The molecule has 0 bridgehead atoms. The highest BCUT2D eigenvalue weighted by Crippen LogP contribution is 2.68. The van der Waals surface area contributed by atoms with Gasteiger partial charge in [-0.2, -0.15) is 0 Å². The zero-order chi connectivity index (χ0) is 13.8. The molecule has 0 aliphatic carbocycles. The molecule has 0 saturated heterocycles. The Kier molecular flexibility index (Phi) is 6.10. The molecule has 0 aromatic heterocycles. The van der Waals surface area contributed by atoms with Crippen molar-refractivity contribution in [3.8, 4) is 0 Å². The number of carbonyl (C=O) groups excluding carboxylic acids is 1. The van der Waals surface area contributed by atoms with E-state index in [-0.39, 0.29) is 0 Å². The lowest BCUT2D eigenvalue weighted by atomic mass is 10.0. The van der Waals surface area contributed by atoms with Crippen molar-refractivity contribution in [2.75, 3.05) is 0 Å². The Hall–Kier alpha value is -0.110. The van der Waals surface area contributed by atoms with Crippen LogP contribution in [0.25, 0.3) is 0 Å². The number of amides is 1. The molecule has 100 valence electrons. The predicted octanol–water partition coefficient (Wildman–Crippen LogP) is 2.79. The SMILES string of the molecule is CC(C(=O)N(S)P(=O)(SN)SN)c1ccccc1. The van der Waals surface area contributed by atoms with E-state index in [1.54, 1.807) is 6.92 Å². The van der Waals surface area contributed by atoms with Gasteiger partial charge in [0.2, 0.25) is 5.91 Å². The Morgan fingerprint density at radius 3 is 2.28 bits per heavy atom. The normalized spacial score (nSPS) is 13.1. The third-order valence-corrected chi connectivity index (χ3v) is 9.37. The molecule has 0 aliphatic heterocycles. The monoisotopic (exact) mass is 323 g/mol. The summed E-state index contributed by atoms with van der Waals surface area (Å²) >= 11 is 5.06. The Morgan fingerprint density at radius 2 is 1.83 bits per heavy atom. The third kappa shape index (κ3) is 3.46. The van der Waals surface area contributed by atoms with Gasteiger partial charge in [-0.1, -0.05) is 43.1 Å². The molecule has 0 spiro atoms. The van der Waals surface area contributed by atoms with Crippen LogP contribution in [0.3, 0.4) is 0 Å². The minimum Gasteiger partial charge on any atom is -0.273 e. The number of carbonyl (C=O) groups is 1. The zero-order valence-electron chi connectivity index (χ0n) is 9.59. The predicted molar refractivity (Wildman–Crippen MR) is 81.9 cm³/mol. The fraction of sp³-hybridized carbons (Fsp3) is 0.222. The largest absolute Gasteiger partial charge is 0.320 e. The van der Waals surface area contributed by atoms with Crippen molar-refractivity contribution >= 4 is 47.6 Å². The lowest BCUT2D eigenvalue weighted by molar-refractivity contribution is -0.124. The average molecular weight is 323 g/mol. The van der Waals surface area contributed by atoms with Gasteiger partial charge < -0.3 is 0 Å². The second kappa shape index (κ2) is 6.88. The van der Waals surface area contributed by atoms with Gasteiger partial charge in [0.25, 0.3) is 0 Å². The molecule has 18 heavy (non-hydrogen) atoms. The first-order valence-corrected chi connectivity index (χ1v) is 9.94. The average Bonchev–Trinajstić information content (AvgIpc) is 2.44. The number of hydrogen-bond acceptors (Lipinski definition) is 7. The lowest BCUT2D eigenvalue weighted by Gasteiger charge is -2.25. The second-order valence-electron chi connectivity index (χ2n) is 3.44. The molecule has 0 heterocycles. The Balaban J connectivity index is 2.91. The van der Waals surface area contributed by atoms with Gasteiger partial charge in [-0.05, 0) is 12.5 Å². The number of benzene rings is 1. The van der Waals surface area contributed by atoms with Crippen LogP contribution in [0.15, 0.2) is 30.3 Å². The Labute approximate surface area is 120 Å². The summed E-state index contributed by atoms with van der Waals surface area (Å²) in [5.74, 6) is -0.861. The fourth-order valence-electron chi connectivity index (χ4n) is 1.29. The maximum atomic E-state index is 12.1. The summed E-state index contributed by atoms with van der Waals surface area (Å²) in [6, 6.07) is 9.16. The molecule has 0 aliphatic rings. The summed E-state index contributed by atoms with van der Waals surface area (Å²) in [6.45, 7) is 1.72. The zero-order valence-corrected chi connectivity index (χ0v) is 13.0. The van der Waals surface area contributed by atoms with Crippen molar-refractivity contribution in [2.45, 2.75) is 12.8 Å². The summed E-state index contributed by atoms with van der Waals surface area (Å²) in [7, 11) is 0. The Bertz CT molecular complexity index is 452. The van der Waals surface area contributed by atoms with Crippen molar-refractivity contribution in [1.29, 1.82) is 0 Å². The first-order chi connectivity index (χ1) is 8.46. The van der Waals surface area contributed by atoms with E-state index in [0.29, 0.717) is 23.1 Å². The van der Waals surface area contributed by atoms with E-state index in [4.69, 9.17) is 10.3 Å². The molecule has 0 radical (unpaired) electrons. The molecule has 1 aromatic carbocycles. The molecule has 1 amide bonds. The van der Waals surface area contributed by atoms with Crippen LogP contribution >= 0.6 is 41.6 Å². The first-order valence-electron chi connectivity index (χ1n) is 4.91. The van der Waals surface area contributed by atoms with E-state index in [9.17, 15) is 9.36 Å². The van der Waals surface area contributed by atoms with Gasteiger partial charge in [-0.25, -0.2) is 4.08 Å². The molecule has 1 rings (SSSR count). The van der Waals surface area contributed by atoms with Gasteiger partial charge in [0, 0.05) is 23.1 Å². The van der Waals surface area contributed by atoms with E-state index in [0.717, 1.165) is 9.64 Å². The van der Waals surface area contributed by atoms with Crippen molar-refractivity contribution in [3.05, 3.63) is 35.9 Å². The smallest absolute Gasteiger partial charge is 0.273 e. The van der Waals surface area contributed by atoms with E-state index >= 15 is 0 Å². The molecular weight excluding hydrogens is 309 g/mol. The summed E-state index contributed by atoms with van der Waals surface area (Å²) in [6.07, 6.45) is 0. The molecule has 1 unspecified atom stereocenters. The van der Waals surface area contributed by atoms with Gasteiger partial charge in [-0.15, -0.1) is 0 Å². The first kappa shape index (κ1) is 15.9. The molecule has 1 aromatic rings. The summed E-state index contributed by atoms with van der Waals surface area (Å²) in [5.41, 5.74) is -2.45. The lowest BCUT2D eigenvalue weighted by Crippen LogP contribution is -2.23. The van der Waals surface area contributed by atoms with Crippen LogP contribution in [0, 0.1) is 0 Å². The number of nitrogens with two attached hydrogens (primary N) is 2. The number of nitrogens with zero attached hydrogens (tertiary/aromatic N) is 1. The third-order valence-electron chi connectivity index (χ3n) is 2.37. The van der Waals surface area contributed by atoms with Gasteiger partial charge in [0.15, 0.2) is 0 Å². The van der Waals surface area contributed by atoms with Crippen molar-refractivity contribution in [3.63, 3.8) is 0 Å². The molecular formula is C9H14N3O2PS3. The van der Waals surface area contributed by atoms with Crippen LogP contribution < -0.4 is 10.3 Å². The van der Waals surface area contributed by atoms with E-state index in [1.807, 2.05) is 30.3 Å². The molecule has 4 N–H and O–H groups in total. The molecule has 1 atom stereocenters. The van der Waals surface area contributed by atoms with Crippen LogP contribution in [0.5, 0.6) is 0 Å². The van der Waals surface area contributed by atoms with Crippen LogP contribution in [-0.4, -0.2) is 9.98 Å². The maximum Gasteiger partial charge on any atom is 0.320 e. The van der Waals surface area contributed by atoms with Crippen LogP contribution in [0.2, 0.25) is 0 Å². The molecule has 0 saturated carbocycles. The van der Waals surface area contributed by atoms with Gasteiger partial charge in [-0.3, -0.25) is 19.6 Å². The maximum absolute atomic E-state index is 12.1. The van der Waals surface area contributed by atoms with Crippen LogP contribution in [-0.2, 0) is 9.36 Å². The summed E-state index contributed by atoms with van der Waals surface area (Å²) < 4.78 is 13.0. The van der Waals surface area contributed by atoms with Crippen LogP contribution in [0.1, 0.15) is 18.4 Å². The quantitative estimate of drug-likeness (QED) is 0.438. The highest BCUT2D eigenvalue weighted by molar-refractivity contribution is 8.89. The van der Waals surface area contributed by atoms with E-state index in [2.05, 4.69) is 12.8 Å². The Morgan fingerprint density at radius 1 is 1.33 bits per heavy atom. The summed E-state index contributed by atoms with van der Waals surface area (Å²) in [5, 5.41) is 10.6. The minimum absolute atomic E-state index is 0.399. The molecule has 9 heteroatoms. The highest BCUT2D eigenvalue weighted by Gasteiger charge is 2.35. The highest BCUT2D eigenvalue weighted by atomic mass is 33.1.